The molecule has 0 spiro atoms. The van der Waals surface area contributed by atoms with Crippen LogP contribution in [0.3, 0.4) is 0 Å². The third kappa shape index (κ3) is 3.55. The van der Waals surface area contributed by atoms with Gasteiger partial charge in [-0.1, -0.05) is 29.3 Å². The van der Waals surface area contributed by atoms with Gasteiger partial charge in [-0.2, -0.15) is 0 Å². The van der Waals surface area contributed by atoms with Gasteiger partial charge in [0, 0.05) is 0 Å². The van der Waals surface area contributed by atoms with Crippen LogP contribution in [0.2, 0.25) is 10.0 Å². The summed E-state index contributed by atoms with van der Waals surface area (Å²) in [5.41, 5.74) is 0.587. The van der Waals surface area contributed by atoms with Crippen LogP contribution in [-0.2, 0) is 15.6 Å². The van der Waals surface area contributed by atoms with Crippen molar-refractivity contribution in [3.8, 4) is 0 Å². The predicted octanol–water partition coefficient (Wildman–Crippen LogP) is 2.70. The molecular weight excluding hydrogens is 231 g/mol. The Hall–Kier alpha value is -0.250. The summed E-state index contributed by atoms with van der Waals surface area (Å²) in [6, 6.07) is 4.69. The van der Waals surface area contributed by atoms with Crippen molar-refractivity contribution in [3.05, 3.63) is 40.1 Å². The zero-order chi connectivity index (χ0) is 10.1. The van der Waals surface area contributed by atoms with Gasteiger partial charge in [-0.25, -0.2) is 8.42 Å². The van der Waals surface area contributed by atoms with E-state index in [1.54, 1.807) is 12.1 Å². The first kappa shape index (κ1) is 10.8. The van der Waals surface area contributed by atoms with Crippen molar-refractivity contribution in [3.63, 3.8) is 0 Å². The lowest BCUT2D eigenvalue weighted by Gasteiger charge is -2.00. The summed E-state index contributed by atoms with van der Waals surface area (Å²) in [6.07, 6.45) is 3.01. The standard InChI is InChI=1S/C8H7Cl2O2S/c1-13(11,12)5-6-2-3-7(9)8(10)4-6/h2-4H,1,5H2. The highest BCUT2D eigenvalue weighted by molar-refractivity contribution is 7.91. The number of rotatable bonds is 2. The number of sulfone groups is 1. The van der Waals surface area contributed by atoms with Crippen LogP contribution in [0.5, 0.6) is 0 Å². The summed E-state index contributed by atoms with van der Waals surface area (Å²) in [5.74, 6) is -0.121. The number of halogens is 2. The van der Waals surface area contributed by atoms with Crippen LogP contribution in [0.1, 0.15) is 5.56 Å². The summed E-state index contributed by atoms with van der Waals surface area (Å²) < 4.78 is 21.6. The minimum atomic E-state index is -3.26. The number of benzene rings is 1. The van der Waals surface area contributed by atoms with Crippen LogP contribution in [0.25, 0.3) is 0 Å². The lowest BCUT2D eigenvalue weighted by atomic mass is 10.2. The smallest absolute Gasteiger partial charge is 0.155 e. The van der Waals surface area contributed by atoms with Gasteiger partial charge >= 0.3 is 0 Å². The van der Waals surface area contributed by atoms with Crippen molar-refractivity contribution < 1.29 is 8.42 Å². The summed E-state index contributed by atoms with van der Waals surface area (Å²) in [4.78, 5) is 0. The molecule has 2 nitrogen and oxygen atoms in total. The van der Waals surface area contributed by atoms with Crippen molar-refractivity contribution in [1.29, 1.82) is 0 Å². The molecule has 0 bridgehead atoms. The Morgan fingerprint density at radius 1 is 1.23 bits per heavy atom. The molecule has 1 aromatic carbocycles. The fourth-order valence-electron chi connectivity index (χ4n) is 0.883. The molecule has 1 radical (unpaired) electrons. The molecule has 0 aromatic heterocycles. The summed E-state index contributed by atoms with van der Waals surface area (Å²) in [7, 11) is -3.26. The van der Waals surface area contributed by atoms with E-state index in [1.807, 2.05) is 0 Å². The quantitative estimate of drug-likeness (QED) is 0.793. The molecule has 0 amide bonds. The molecule has 0 atom stereocenters. The SMILES string of the molecule is [CH2]S(=O)(=O)Cc1ccc(Cl)c(Cl)c1. The second kappa shape index (κ2) is 3.86. The highest BCUT2D eigenvalue weighted by Crippen LogP contribution is 2.23. The summed E-state index contributed by atoms with van der Waals surface area (Å²) in [6.45, 7) is 0. The molecule has 0 aliphatic rings. The Morgan fingerprint density at radius 2 is 1.85 bits per heavy atom. The average molecular weight is 238 g/mol. The van der Waals surface area contributed by atoms with Crippen molar-refractivity contribution >= 4 is 33.0 Å². The Bertz CT molecular complexity index is 412. The fourth-order valence-corrected chi connectivity index (χ4v) is 1.89. The molecule has 1 rings (SSSR count). The maximum Gasteiger partial charge on any atom is 0.155 e. The number of hydrogen-bond acceptors (Lipinski definition) is 2. The minimum absolute atomic E-state index is 0.121. The second-order valence-corrected chi connectivity index (χ2v) is 5.23. The molecule has 5 heteroatoms. The van der Waals surface area contributed by atoms with Crippen molar-refractivity contribution in [2.24, 2.45) is 0 Å². The minimum Gasteiger partial charge on any atom is -0.228 e. The molecule has 1 aromatic rings. The normalized spacial score (nSPS) is 11.6. The van der Waals surface area contributed by atoms with Gasteiger partial charge in [-0.3, -0.25) is 0 Å². The Labute approximate surface area is 87.4 Å². The van der Waals surface area contributed by atoms with E-state index in [2.05, 4.69) is 6.26 Å². The van der Waals surface area contributed by atoms with Gasteiger partial charge in [0.2, 0.25) is 0 Å². The highest BCUT2D eigenvalue weighted by atomic mass is 35.5. The third-order valence-corrected chi connectivity index (χ3v) is 2.88. The van der Waals surface area contributed by atoms with Crippen LogP contribution in [-0.4, -0.2) is 8.42 Å². The first-order valence-corrected chi connectivity index (χ1v) is 5.96. The lowest BCUT2D eigenvalue weighted by Crippen LogP contribution is -1.97. The van der Waals surface area contributed by atoms with Gasteiger partial charge in [0.25, 0.3) is 0 Å². The summed E-state index contributed by atoms with van der Waals surface area (Å²) in [5, 5.41) is 0.759. The van der Waals surface area contributed by atoms with E-state index in [4.69, 9.17) is 23.2 Å². The van der Waals surface area contributed by atoms with Crippen LogP contribution < -0.4 is 0 Å². The van der Waals surface area contributed by atoms with Gasteiger partial charge < -0.3 is 0 Å². The number of hydrogen-bond donors (Lipinski definition) is 0. The maximum absolute atomic E-state index is 10.8. The van der Waals surface area contributed by atoms with Crippen molar-refractivity contribution in [2.45, 2.75) is 5.75 Å². The van der Waals surface area contributed by atoms with Gasteiger partial charge in [0.15, 0.2) is 9.84 Å². The van der Waals surface area contributed by atoms with Gasteiger partial charge in [-0.05, 0) is 17.7 Å². The first-order valence-electron chi connectivity index (χ1n) is 3.38. The zero-order valence-corrected chi connectivity index (χ0v) is 8.96. The monoisotopic (exact) mass is 237 g/mol. The largest absolute Gasteiger partial charge is 0.228 e. The highest BCUT2D eigenvalue weighted by Gasteiger charge is 2.06. The van der Waals surface area contributed by atoms with Crippen LogP contribution >= 0.6 is 23.2 Å². The van der Waals surface area contributed by atoms with Gasteiger partial charge in [0.1, 0.15) is 0 Å². The van der Waals surface area contributed by atoms with E-state index in [9.17, 15) is 8.42 Å². The van der Waals surface area contributed by atoms with E-state index in [1.165, 1.54) is 6.07 Å². The van der Waals surface area contributed by atoms with E-state index < -0.39 is 9.84 Å². The lowest BCUT2D eigenvalue weighted by molar-refractivity contribution is 0.603. The van der Waals surface area contributed by atoms with Crippen LogP contribution in [0, 0.1) is 6.26 Å². The molecular formula is C8H7Cl2O2S. The molecule has 0 unspecified atom stereocenters. The van der Waals surface area contributed by atoms with Crippen LogP contribution in [0.15, 0.2) is 18.2 Å². The topological polar surface area (TPSA) is 34.1 Å². The van der Waals surface area contributed by atoms with Gasteiger partial charge in [0.05, 0.1) is 22.1 Å². The van der Waals surface area contributed by atoms with Crippen molar-refractivity contribution in [1.82, 2.24) is 0 Å². The molecule has 13 heavy (non-hydrogen) atoms. The molecule has 0 saturated heterocycles. The molecule has 0 heterocycles. The van der Waals surface area contributed by atoms with E-state index in [0.29, 0.717) is 15.6 Å². The molecule has 71 valence electrons. The third-order valence-electron chi connectivity index (χ3n) is 1.37. The fraction of sp³-hybridized carbons (Fsp3) is 0.125. The molecule has 0 aliphatic carbocycles. The molecule has 0 N–H and O–H groups in total. The molecule has 0 aliphatic heterocycles. The van der Waals surface area contributed by atoms with Gasteiger partial charge in [-0.15, -0.1) is 0 Å². The van der Waals surface area contributed by atoms with Crippen molar-refractivity contribution in [2.75, 3.05) is 0 Å². The van der Waals surface area contributed by atoms with E-state index in [-0.39, 0.29) is 5.75 Å². The first-order chi connectivity index (χ1) is 5.88. The van der Waals surface area contributed by atoms with E-state index in [0.717, 1.165) is 0 Å². The van der Waals surface area contributed by atoms with Crippen LogP contribution in [0.4, 0.5) is 0 Å². The Kier molecular flexibility index (Phi) is 3.22. The second-order valence-electron chi connectivity index (χ2n) is 2.64. The molecule has 0 fully saturated rings. The summed E-state index contributed by atoms with van der Waals surface area (Å²) >= 11 is 11.4. The van der Waals surface area contributed by atoms with E-state index >= 15 is 0 Å². The Morgan fingerprint density at radius 3 is 2.31 bits per heavy atom. The molecule has 0 saturated carbocycles. The maximum atomic E-state index is 10.8. The Balaban J connectivity index is 2.99. The zero-order valence-electron chi connectivity index (χ0n) is 6.63. The predicted molar refractivity (Wildman–Crippen MR) is 54.4 cm³/mol. The average Bonchev–Trinajstić information content (AvgIpc) is 1.94.